The first-order chi connectivity index (χ1) is 4.10. The Morgan fingerprint density at radius 1 is 1.67 bits per heavy atom. The van der Waals surface area contributed by atoms with Gasteiger partial charge in [-0.3, -0.25) is 0 Å². The van der Waals surface area contributed by atoms with Crippen molar-refractivity contribution in [2.24, 2.45) is 0 Å². The summed E-state index contributed by atoms with van der Waals surface area (Å²) in [5.41, 5.74) is -0.475. The van der Waals surface area contributed by atoms with E-state index < -0.39 is 5.60 Å². The molecule has 1 fully saturated rings. The van der Waals surface area contributed by atoms with Crippen molar-refractivity contribution in [1.29, 1.82) is 0 Å². The molecule has 2 atom stereocenters. The van der Waals surface area contributed by atoms with Crippen LogP contribution in [0.5, 0.6) is 0 Å². The van der Waals surface area contributed by atoms with Crippen molar-refractivity contribution >= 4 is 0 Å². The van der Waals surface area contributed by atoms with E-state index in [-0.39, 0.29) is 6.10 Å². The highest BCUT2D eigenvalue weighted by atomic mass is 16.5. The van der Waals surface area contributed by atoms with Crippen molar-refractivity contribution < 1.29 is 9.84 Å². The minimum absolute atomic E-state index is 0.230. The number of rotatable bonds is 0. The van der Waals surface area contributed by atoms with Crippen molar-refractivity contribution in [2.75, 3.05) is 6.61 Å². The molecule has 2 nitrogen and oxygen atoms in total. The summed E-state index contributed by atoms with van der Waals surface area (Å²) in [4.78, 5) is 0. The minimum atomic E-state index is -0.475. The van der Waals surface area contributed by atoms with Crippen LogP contribution in [0.4, 0.5) is 0 Å². The maximum absolute atomic E-state index is 9.46. The average molecular weight is 130 g/mol. The molecule has 2 heteroatoms. The van der Waals surface area contributed by atoms with Crippen LogP contribution in [0.15, 0.2) is 0 Å². The summed E-state index contributed by atoms with van der Waals surface area (Å²) in [6.45, 7) is 4.56. The Morgan fingerprint density at radius 2 is 2.33 bits per heavy atom. The van der Waals surface area contributed by atoms with Crippen molar-refractivity contribution in [1.82, 2.24) is 0 Å². The topological polar surface area (TPSA) is 29.5 Å². The summed E-state index contributed by atoms with van der Waals surface area (Å²) in [5, 5.41) is 9.46. The molecule has 1 heterocycles. The van der Waals surface area contributed by atoms with E-state index in [0.29, 0.717) is 6.61 Å². The quantitative estimate of drug-likeness (QED) is 0.528. The molecule has 1 rings (SSSR count). The van der Waals surface area contributed by atoms with Gasteiger partial charge in [-0.1, -0.05) is 0 Å². The van der Waals surface area contributed by atoms with E-state index in [4.69, 9.17) is 4.74 Å². The van der Waals surface area contributed by atoms with E-state index in [2.05, 4.69) is 0 Å². The second kappa shape index (κ2) is 2.27. The Labute approximate surface area is 55.8 Å². The Morgan fingerprint density at radius 3 is 2.67 bits per heavy atom. The van der Waals surface area contributed by atoms with Gasteiger partial charge >= 0.3 is 0 Å². The molecular weight excluding hydrogens is 116 g/mol. The van der Waals surface area contributed by atoms with E-state index in [1.54, 1.807) is 0 Å². The van der Waals surface area contributed by atoms with Crippen LogP contribution in [0.2, 0.25) is 0 Å². The monoisotopic (exact) mass is 130 g/mol. The number of hydrogen-bond acceptors (Lipinski definition) is 2. The lowest BCUT2D eigenvalue weighted by Crippen LogP contribution is -2.36. The second-order valence-corrected chi connectivity index (χ2v) is 3.13. The molecule has 0 bridgehead atoms. The third kappa shape index (κ3) is 1.95. The Hall–Kier alpha value is -0.0800. The number of hydrogen-bond donors (Lipinski definition) is 1. The molecule has 0 radical (unpaired) electrons. The minimum Gasteiger partial charge on any atom is -0.390 e. The smallest absolute Gasteiger partial charge is 0.0666 e. The van der Waals surface area contributed by atoms with Crippen LogP contribution < -0.4 is 0 Å². The lowest BCUT2D eigenvalue weighted by Gasteiger charge is -2.32. The molecule has 1 aliphatic heterocycles. The highest BCUT2D eigenvalue weighted by Crippen LogP contribution is 2.23. The van der Waals surface area contributed by atoms with E-state index in [9.17, 15) is 5.11 Å². The summed E-state index contributed by atoms with van der Waals surface area (Å²) >= 11 is 0. The first-order valence-electron chi connectivity index (χ1n) is 3.44. The average Bonchev–Trinajstić information content (AvgIpc) is 1.60. The van der Waals surface area contributed by atoms with Crippen LogP contribution >= 0.6 is 0 Å². The number of aliphatic hydroxyl groups is 1. The SMILES string of the molecule is C[C@@H]1CC(C)(O)CCO1. The molecule has 1 N–H and O–H groups in total. The Balaban J connectivity index is 2.41. The molecule has 0 amide bonds. The highest BCUT2D eigenvalue weighted by Gasteiger charge is 2.27. The predicted molar refractivity (Wildman–Crippen MR) is 35.3 cm³/mol. The van der Waals surface area contributed by atoms with E-state index in [0.717, 1.165) is 12.8 Å². The maximum atomic E-state index is 9.46. The van der Waals surface area contributed by atoms with Gasteiger partial charge in [0, 0.05) is 13.0 Å². The van der Waals surface area contributed by atoms with Gasteiger partial charge in [-0.2, -0.15) is 0 Å². The van der Waals surface area contributed by atoms with Gasteiger partial charge in [-0.05, 0) is 20.3 Å². The van der Waals surface area contributed by atoms with Gasteiger partial charge in [0.1, 0.15) is 0 Å². The molecule has 0 aromatic carbocycles. The second-order valence-electron chi connectivity index (χ2n) is 3.13. The first-order valence-corrected chi connectivity index (χ1v) is 3.44. The van der Waals surface area contributed by atoms with Crippen molar-refractivity contribution in [3.05, 3.63) is 0 Å². The van der Waals surface area contributed by atoms with E-state index in [1.807, 2.05) is 13.8 Å². The van der Waals surface area contributed by atoms with Gasteiger partial charge in [0.05, 0.1) is 11.7 Å². The Bertz CT molecular complexity index is 99.1. The van der Waals surface area contributed by atoms with Gasteiger partial charge in [0.25, 0.3) is 0 Å². The molecule has 9 heavy (non-hydrogen) atoms. The fourth-order valence-electron chi connectivity index (χ4n) is 1.26. The summed E-state index contributed by atoms with van der Waals surface area (Å²) in [6, 6.07) is 0. The molecule has 0 spiro atoms. The third-order valence-corrected chi connectivity index (χ3v) is 1.77. The predicted octanol–water partition coefficient (Wildman–Crippen LogP) is 0.936. The van der Waals surface area contributed by atoms with Crippen LogP contribution in [0, 0.1) is 0 Å². The molecule has 1 saturated heterocycles. The molecule has 0 saturated carbocycles. The number of ether oxygens (including phenoxy) is 1. The van der Waals surface area contributed by atoms with E-state index in [1.165, 1.54) is 0 Å². The summed E-state index contributed by atoms with van der Waals surface area (Å²) in [7, 11) is 0. The molecule has 0 aromatic heterocycles. The first kappa shape index (κ1) is 7.03. The zero-order valence-corrected chi connectivity index (χ0v) is 6.05. The normalized spacial score (nSPS) is 45.0. The van der Waals surface area contributed by atoms with Crippen LogP contribution in [-0.2, 0) is 4.74 Å². The highest BCUT2D eigenvalue weighted by molar-refractivity contribution is 4.78. The summed E-state index contributed by atoms with van der Waals surface area (Å²) in [6.07, 6.45) is 1.78. The zero-order chi connectivity index (χ0) is 6.91. The standard InChI is InChI=1S/C7H14O2/c1-6-5-7(2,8)3-4-9-6/h6,8H,3-5H2,1-2H3/t6-,7?/m1/s1. The van der Waals surface area contributed by atoms with Gasteiger partial charge in [0.2, 0.25) is 0 Å². The molecule has 1 unspecified atom stereocenters. The maximum Gasteiger partial charge on any atom is 0.0666 e. The Kier molecular flexibility index (Phi) is 1.78. The van der Waals surface area contributed by atoms with Crippen molar-refractivity contribution in [2.45, 2.75) is 38.4 Å². The summed E-state index contributed by atoms with van der Waals surface area (Å²) in [5.74, 6) is 0. The van der Waals surface area contributed by atoms with Gasteiger partial charge < -0.3 is 9.84 Å². The van der Waals surface area contributed by atoms with Crippen LogP contribution in [0.1, 0.15) is 26.7 Å². The van der Waals surface area contributed by atoms with Crippen LogP contribution in [0.25, 0.3) is 0 Å². The van der Waals surface area contributed by atoms with Gasteiger partial charge in [-0.15, -0.1) is 0 Å². The van der Waals surface area contributed by atoms with E-state index >= 15 is 0 Å². The van der Waals surface area contributed by atoms with Gasteiger partial charge in [0.15, 0.2) is 0 Å². The zero-order valence-electron chi connectivity index (χ0n) is 6.05. The van der Waals surface area contributed by atoms with Crippen LogP contribution in [-0.4, -0.2) is 23.4 Å². The largest absolute Gasteiger partial charge is 0.390 e. The lowest BCUT2D eigenvalue weighted by atomic mass is 9.93. The molecule has 0 aliphatic carbocycles. The lowest BCUT2D eigenvalue weighted by molar-refractivity contribution is -0.0865. The molecule has 54 valence electrons. The van der Waals surface area contributed by atoms with Gasteiger partial charge in [-0.25, -0.2) is 0 Å². The fraction of sp³-hybridized carbons (Fsp3) is 1.00. The molecule has 0 aromatic rings. The van der Waals surface area contributed by atoms with Crippen molar-refractivity contribution in [3.63, 3.8) is 0 Å². The van der Waals surface area contributed by atoms with Crippen LogP contribution in [0.3, 0.4) is 0 Å². The molecule has 1 aliphatic rings. The third-order valence-electron chi connectivity index (χ3n) is 1.77. The summed E-state index contributed by atoms with van der Waals surface area (Å²) < 4.78 is 5.25. The molecular formula is C7H14O2. The fourth-order valence-corrected chi connectivity index (χ4v) is 1.26. The van der Waals surface area contributed by atoms with Crippen molar-refractivity contribution in [3.8, 4) is 0 Å².